The second kappa shape index (κ2) is 13.7. The van der Waals surface area contributed by atoms with Crippen molar-refractivity contribution in [1.29, 1.82) is 0 Å². The smallest absolute Gasteiger partial charge is 0.410 e. The molecule has 2 unspecified atom stereocenters. The number of carbonyl (C=O) groups is 3. The van der Waals surface area contributed by atoms with Crippen LogP contribution in [0.1, 0.15) is 66.3 Å². The summed E-state index contributed by atoms with van der Waals surface area (Å²) in [7, 11) is 0. The van der Waals surface area contributed by atoms with E-state index in [2.05, 4.69) is 10.3 Å². The molecule has 1 aliphatic heterocycles. The lowest BCUT2D eigenvalue weighted by Crippen LogP contribution is -2.48. The van der Waals surface area contributed by atoms with E-state index in [-0.39, 0.29) is 35.7 Å². The summed E-state index contributed by atoms with van der Waals surface area (Å²) in [5.41, 5.74) is 6.53. The van der Waals surface area contributed by atoms with Crippen molar-refractivity contribution < 1.29 is 32.3 Å². The second-order valence-corrected chi connectivity index (χ2v) is 12.5. The zero-order valence-electron chi connectivity index (χ0n) is 26.2. The fourth-order valence-electron chi connectivity index (χ4n) is 5.84. The molecule has 1 aliphatic rings. The Morgan fingerprint density at radius 3 is 2.34 bits per heavy atom. The van der Waals surface area contributed by atoms with Crippen LogP contribution in [0, 0.1) is 17.5 Å². The molecule has 47 heavy (non-hydrogen) atoms. The summed E-state index contributed by atoms with van der Waals surface area (Å²) in [5, 5.41) is 2.98. The van der Waals surface area contributed by atoms with Gasteiger partial charge in [0, 0.05) is 30.3 Å². The Balaban J connectivity index is 1.54. The van der Waals surface area contributed by atoms with Gasteiger partial charge >= 0.3 is 6.09 Å². The number of benzene rings is 3. The lowest BCUT2D eigenvalue weighted by molar-refractivity contribution is -0.126. The lowest BCUT2D eigenvalue weighted by Gasteiger charge is -2.29. The number of nitrogens with one attached hydrogen (secondary N) is 1. The predicted molar refractivity (Wildman–Crippen MR) is 170 cm³/mol. The molecule has 1 fully saturated rings. The fraction of sp³-hybridized carbons (Fsp3) is 0.278. The van der Waals surface area contributed by atoms with Crippen molar-refractivity contribution in [1.82, 2.24) is 15.2 Å². The number of ether oxygens (including phenoxy) is 1. The molecule has 3 aromatic carbocycles. The minimum atomic E-state index is -0.974. The molecule has 0 saturated carbocycles. The zero-order valence-corrected chi connectivity index (χ0v) is 26.2. The molecular weight excluding hydrogens is 609 g/mol. The van der Waals surface area contributed by atoms with E-state index in [0.717, 1.165) is 29.8 Å². The van der Waals surface area contributed by atoms with Gasteiger partial charge in [-0.05, 0) is 80.6 Å². The Bertz CT molecular complexity index is 1770. The zero-order chi connectivity index (χ0) is 33.9. The molecule has 2 heterocycles. The van der Waals surface area contributed by atoms with E-state index in [4.69, 9.17) is 10.5 Å². The predicted octanol–water partition coefficient (Wildman–Crippen LogP) is 6.46. The molecule has 1 saturated heterocycles. The van der Waals surface area contributed by atoms with E-state index < -0.39 is 53.0 Å². The summed E-state index contributed by atoms with van der Waals surface area (Å²) < 4.78 is 48.6. The number of primary amides is 1. The average Bonchev–Trinajstić information content (AvgIpc) is 3.46. The van der Waals surface area contributed by atoms with Crippen LogP contribution in [-0.4, -0.2) is 46.0 Å². The monoisotopic (exact) mass is 644 g/mol. The third-order valence-corrected chi connectivity index (χ3v) is 7.89. The van der Waals surface area contributed by atoms with E-state index in [1.54, 1.807) is 32.9 Å². The third kappa shape index (κ3) is 7.97. The molecule has 3 atom stereocenters. The van der Waals surface area contributed by atoms with Crippen LogP contribution in [0.5, 0.6) is 0 Å². The molecule has 5 rings (SSSR count). The van der Waals surface area contributed by atoms with E-state index in [1.165, 1.54) is 23.2 Å². The molecule has 3 N–H and O–H groups in total. The minimum absolute atomic E-state index is 0.0877. The van der Waals surface area contributed by atoms with Gasteiger partial charge in [-0.3, -0.25) is 19.5 Å². The van der Waals surface area contributed by atoms with Crippen molar-refractivity contribution in [3.8, 4) is 11.1 Å². The molecule has 8 nitrogen and oxygen atoms in total. The molecule has 1 aromatic heterocycles. The molecule has 0 radical (unpaired) electrons. The Morgan fingerprint density at radius 1 is 0.979 bits per heavy atom. The first-order valence-corrected chi connectivity index (χ1v) is 15.1. The topological polar surface area (TPSA) is 115 Å². The van der Waals surface area contributed by atoms with Gasteiger partial charge in [0.25, 0.3) is 5.91 Å². The van der Waals surface area contributed by atoms with Gasteiger partial charge in [0.1, 0.15) is 29.1 Å². The summed E-state index contributed by atoms with van der Waals surface area (Å²) in [6.07, 6.45) is 1.04. The fourth-order valence-corrected chi connectivity index (χ4v) is 5.84. The van der Waals surface area contributed by atoms with Crippen molar-refractivity contribution in [3.05, 3.63) is 125 Å². The molecule has 244 valence electrons. The largest absolute Gasteiger partial charge is 0.444 e. The quantitative estimate of drug-likeness (QED) is 0.229. The van der Waals surface area contributed by atoms with Gasteiger partial charge in [0.15, 0.2) is 0 Å². The van der Waals surface area contributed by atoms with E-state index in [9.17, 15) is 27.6 Å². The first-order chi connectivity index (χ1) is 22.3. The minimum Gasteiger partial charge on any atom is -0.444 e. The number of likely N-dealkylation sites (tertiary alicyclic amines) is 1. The van der Waals surface area contributed by atoms with Gasteiger partial charge in [0.05, 0.1) is 17.3 Å². The second-order valence-electron chi connectivity index (χ2n) is 12.5. The van der Waals surface area contributed by atoms with E-state index in [1.807, 2.05) is 30.3 Å². The van der Waals surface area contributed by atoms with Gasteiger partial charge in [-0.15, -0.1) is 0 Å². The summed E-state index contributed by atoms with van der Waals surface area (Å²) in [6.45, 7) is 5.44. The van der Waals surface area contributed by atoms with Crippen LogP contribution in [0.4, 0.5) is 18.0 Å². The maximum absolute atomic E-state index is 14.4. The summed E-state index contributed by atoms with van der Waals surface area (Å²) >= 11 is 0. The highest BCUT2D eigenvalue weighted by Crippen LogP contribution is 2.35. The van der Waals surface area contributed by atoms with Crippen LogP contribution in [-0.2, 0) is 16.0 Å². The Labute approximate surface area is 270 Å². The molecule has 0 bridgehead atoms. The van der Waals surface area contributed by atoms with Crippen LogP contribution < -0.4 is 11.1 Å². The Kier molecular flexibility index (Phi) is 9.64. The van der Waals surface area contributed by atoms with Crippen molar-refractivity contribution in [3.63, 3.8) is 0 Å². The van der Waals surface area contributed by atoms with Crippen LogP contribution in [0.3, 0.4) is 0 Å². The van der Waals surface area contributed by atoms with Crippen LogP contribution >= 0.6 is 0 Å². The van der Waals surface area contributed by atoms with Crippen LogP contribution in [0.2, 0.25) is 0 Å². The maximum atomic E-state index is 14.4. The number of nitrogens with two attached hydrogens (primary N) is 1. The van der Waals surface area contributed by atoms with Gasteiger partial charge in [-0.1, -0.05) is 42.5 Å². The number of hydrogen-bond donors (Lipinski definition) is 2. The number of halogens is 3. The first-order valence-electron chi connectivity index (χ1n) is 15.1. The molecule has 0 spiro atoms. The van der Waals surface area contributed by atoms with Crippen molar-refractivity contribution in [2.75, 3.05) is 6.54 Å². The van der Waals surface area contributed by atoms with Gasteiger partial charge < -0.3 is 15.8 Å². The van der Waals surface area contributed by atoms with Gasteiger partial charge in [-0.25, -0.2) is 18.0 Å². The van der Waals surface area contributed by atoms with Gasteiger partial charge in [0.2, 0.25) is 5.91 Å². The third-order valence-electron chi connectivity index (χ3n) is 7.89. The number of hydrogen-bond acceptors (Lipinski definition) is 5. The molecular formula is C36H35F3N4O4. The summed E-state index contributed by atoms with van der Waals surface area (Å²) in [5.74, 6) is -4.05. The van der Waals surface area contributed by atoms with Crippen LogP contribution in [0.15, 0.2) is 85.1 Å². The Hall–Kier alpha value is -5.19. The number of nitrogens with zero attached hydrogens (tertiary/aromatic N) is 2. The van der Waals surface area contributed by atoms with Crippen molar-refractivity contribution in [2.24, 2.45) is 5.73 Å². The highest BCUT2D eigenvalue weighted by atomic mass is 19.1. The number of aromatic nitrogens is 1. The Morgan fingerprint density at radius 2 is 1.68 bits per heavy atom. The molecule has 4 aromatic rings. The summed E-state index contributed by atoms with van der Waals surface area (Å²) in [6, 6.07) is 17.8. The SMILES string of the molecule is CC(C)(C)OC(=O)N1CC(c2ccccc2)CC1C(=O)N[C@@H](Cc1cc(F)cc(F)c1)c1ncccc1-c1ccc(F)c(C(N)=O)c1. The van der Waals surface area contributed by atoms with Gasteiger partial charge in [-0.2, -0.15) is 0 Å². The number of carbonyl (C=O) groups excluding carboxylic acids is 3. The first kappa shape index (κ1) is 33.2. The van der Waals surface area contributed by atoms with E-state index in [0.29, 0.717) is 17.5 Å². The van der Waals surface area contributed by atoms with Crippen molar-refractivity contribution in [2.45, 2.75) is 57.2 Å². The number of amides is 3. The number of rotatable bonds is 8. The van der Waals surface area contributed by atoms with Crippen LogP contribution in [0.25, 0.3) is 11.1 Å². The summed E-state index contributed by atoms with van der Waals surface area (Å²) in [4.78, 5) is 45.4. The van der Waals surface area contributed by atoms with E-state index >= 15 is 0 Å². The standard InChI is InChI=1S/C36H35F3N4O4/c1-36(2,3)47-35(46)43-20-24(22-8-5-4-6-9-22)18-31(43)34(45)42-30(16-21-14-25(37)19-26(38)15-21)32-27(10-7-13-41-32)23-11-12-29(39)28(17-23)33(40)44/h4-15,17,19,24,30-31H,16,18,20H2,1-3H3,(H2,40,44)(H,42,45)/t24?,30-,31?/m0/s1. The lowest BCUT2D eigenvalue weighted by atomic mass is 9.93. The normalized spacial score (nSPS) is 16.9. The van der Waals surface area contributed by atoms with Crippen molar-refractivity contribution >= 4 is 17.9 Å². The molecule has 11 heteroatoms. The average molecular weight is 645 g/mol. The molecule has 3 amide bonds. The highest BCUT2D eigenvalue weighted by Gasteiger charge is 2.42. The maximum Gasteiger partial charge on any atom is 0.410 e. The molecule has 0 aliphatic carbocycles. The highest BCUT2D eigenvalue weighted by molar-refractivity contribution is 5.94. The number of pyridine rings is 1.